The van der Waals surface area contributed by atoms with Crippen LogP contribution in [-0.2, 0) is 0 Å². The SMILES string of the molecule is CCOc1ccc(C2C(C#N)=C(N)Oc3n[nH]c(-c4cccc(OCC)c4)c32)cc1. The van der Waals surface area contributed by atoms with Crippen LogP contribution >= 0.6 is 0 Å². The van der Waals surface area contributed by atoms with E-state index in [1.807, 2.05) is 62.4 Å². The zero-order valence-electron chi connectivity index (χ0n) is 16.8. The van der Waals surface area contributed by atoms with E-state index >= 15 is 0 Å². The molecule has 30 heavy (non-hydrogen) atoms. The first kappa shape index (κ1) is 19.4. The Labute approximate surface area is 174 Å². The lowest BCUT2D eigenvalue weighted by Crippen LogP contribution is -2.21. The second kappa shape index (κ2) is 8.21. The highest BCUT2D eigenvalue weighted by Gasteiger charge is 2.35. The molecule has 1 aliphatic rings. The molecule has 1 unspecified atom stereocenters. The number of rotatable bonds is 6. The van der Waals surface area contributed by atoms with Crippen molar-refractivity contribution in [2.75, 3.05) is 13.2 Å². The second-order valence-corrected chi connectivity index (χ2v) is 6.71. The third-order valence-corrected chi connectivity index (χ3v) is 4.90. The van der Waals surface area contributed by atoms with Crippen molar-refractivity contribution in [3.63, 3.8) is 0 Å². The zero-order valence-corrected chi connectivity index (χ0v) is 16.8. The minimum Gasteiger partial charge on any atom is -0.494 e. The van der Waals surface area contributed by atoms with Gasteiger partial charge >= 0.3 is 0 Å². The van der Waals surface area contributed by atoms with Crippen LogP contribution in [0.15, 0.2) is 60.0 Å². The number of ether oxygens (including phenoxy) is 3. The number of allylic oxidation sites excluding steroid dienone is 1. The van der Waals surface area contributed by atoms with Crippen LogP contribution in [-0.4, -0.2) is 23.4 Å². The predicted molar refractivity (Wildman–Crippen MR) is 112 cm³/mol. The van der Waals surface area contributed by atoms with Gasteiger partial charge in [-0.3, -0.25) is 5.10 Å². The van der Waals surface area contributed by atoms with Crippen LogP contribution in [0.2, 0.25) is 0 Å². The molecule has 0 radical (unpaired) electrons. The van der Waals surface area contributed by atoms with Gasteiger partial charge in [0.25, 0.3) is 0 Å². The number of aromatic nitrogens is 2. The van der Waals surface area contributed by atoms with E-state index in [1.165, 1.54) is 0 Å². The quantitative estimate of drug-likeness (QED) is 0.643. The molecule has 4 rings (SSSR count). The van der Waals surface area contributed by atoms with Crippen molar-refractivity contribution in [1.29, 1.82) is 5.26 Å². The first-order valence-electron chi connectivity index (χ1n) is 9.78. The average molecular weight is 402 g/mol. The Hall–Kier alpha value is -3.92. The Morgan fingerprint density at radius 2 is 1.83 bits per heavy atom. The summed E-state index contributed by atoms with van der Waals surface area (Å²) < 4.78 is 16.8. The van der Waals surface area contributed by atoms with E-state index in [4.69, 9.17) is 19.9 Å². The summed E-state index contributed by atoms with van der Waals surface area (Å²) in [4.78, 5) is 0. The minimum atomic E-state index is -0.418. The maximum absolute atomic E-state index is 9.83. The van der Waals surface area contributed by atoms with Gasteiger partial charge in [-0.15, -0.1) is 5.10 Å². The Balaban J connectivity index is 1.84. The summed E-state index contributed by atoms with van der Waals surface area (Å²) in [6.07, 6.45) is 0. The van der Waals surface area contributed by atoms with E-state index in [0.717, 1.165) is 33.9 Å². The van der Waals surface area contributed by atoms with Gasteiger partial charge in [0.05, 0.1) is 30.4 Å². The molecule has 7 heteroatoms. The van der Waals surface area contributed by atoms with Crippen molar-refractivity contribution in [1.82, 2.24) is 10.2 Å². The lowest BCUT2D eigenvalue weighted by molar-refractivity contribution is 0.340. The smallest absolute Gasteiger partial charge is 0.244 e. The number of benzene rings is 2. The lowest BCUT2D eigenvalue weighted by atomic mass is 9.83. The summed E-state index contributed by atoms with van der Waals surface area (Å²) in [5.74, 6) is 1.52. The highest BCUT2D eigenvalue weighted by atomic mass is 16.5. The molecule has 7 nitrogen and oxygen atoms in total. The van der Waals surface area contributed by atoms with Gasteiger partial charge in [0.2, 0.25) is 11.8 Å². The maximum atomic E-state index is 9.83. The fourth-order valence-electron chi connectivity index (χ4n) is 3.63. The summed E-state index contributed by atoms with van der Waals surface area (Å²) in [7, 11) is 0. The molecule has 1 aliphatic heterocycles. The van der Waals surface area contributed by atoms with Gasteiger partial charge in [0.1, 0.15) is 23.1 Å². The number of fused-ring (bicyclic) bond motifs is 1. The van der Waals surface area contributed by atoms with Crippen molar-refractivity contribution in [3.8, 4) is 34.7 Å². The van der Waals surface area contributed by atoms with E-state index in [9.17, 15) is 5.26 Å². The van der Waals surface area contributed by atoms with Gasteiger partial charge in [-0.2, -0.15) is 5.26 Å². The van der Waals surface area contributed by atoms with Crippen molar-refractivity contribution in [2.24, 2.45) is 5.73 Å². The fraction of sp³-hybridized carbons (Fsp3) is 0.217. The highest BCUT2D eigenvalue weighted by molar-refractivity contribution is 5.71. The van der Waals surface area contributed by atoms with Gasteiger partial charge in [-0.25, -0.2) is 0 Å². The van der Waals surface area contributed by atoms with Crippen molar-refractivity contribution < 1.29 is 14.2 Å². The predicted octanol–water partition coefficient (Wildman–Crippen LogP) is 4.09. The summed E-state index contributed by atoms with van der Waals surface area (Å²) in [6.45, 7) is 5.02. The van der Waals surface area contributed by atoms with E-state index in [2.05, 4.69) is 16.3 Å². The first-order chi connectivity index (χ1) is 14.7. The monoisotopic (exact) mass is 402 g/mol. The largest absolute Gasteiger partial charge is 0.494 e. The van der Waals surface area contributed by atoms with Crippen molar-refractivity contribution >= 4 is 0 Å². The number of H-pyrrole nitrogens is 1. The van der Waals surface area contributed by atoms with Crippen LogP contribution in [0, 0.1) is 11.3 Å². The van der Waals surface area contributed by atoms with Crippen LogP contribution in [0.3, 0.4) is 0 Å². The van der Waals surface area contributed by atoms with Crippen LogP contribution in [0.25, 0.3) is 11.3 Å². The molecular formula is C23H22N4O3. The number of hydrogen-bond donors (Lipinski definition) is 2. The molecule has 1 atom stereocenters. The summed E-state index contributed by atoms with van der Waals surface area (Å²) in [5.41, 5.74) is 9.69. The third-order valence-electron chi connectivity index (χ3n) is 4.90. The maximum Gasteiger partial charge on any atom is 0.244 e. The van der Waals surface area contributed by atoms with Crippen molar-refractivity contribution in [2.45, 2.75) is 19.8 Å². The Bertz CT molecular complexity index is 1130. The van der Waals surface area contributed by atoms with Crippen LogP contribution in [0.5, 0.6) is 17.4 Å². The fourth-order valence-corrected chi connectivity index (χ4v) is 3.63. The lowest BCUT2D eigenvalue weighted by Gasteiger charge is -2.24. The third kappa shape index (κ3) is 3.44. The first-order valence-corrected chi connectivity index (χ1v) is 9.78. The molecule has 0 bridgehead atoms. The van der Waals surface area contributed by atoms with E-state index < -0.39 is 5.92 Å². The molecule has 152 valence electrons. The molecular weight excluding hydrogens is 380 g/mol. The molecule has 0 aliphatic carbocycles. The Morgan fingerprint density at radius 1 is 1.10 bits per heavy atom. The van der Waals surface area contributed by atoms with Crippen LogP contribution in [0.1, 0.15) is 30.9 Å². The topological polar surface area (TPSA) is 106 Å². The normalized spacial score (nSPS) is 15.2. The Morgan fingerprint density at radius 3 is 2.53 bits per heavy atom. The number of nitrogens with two attached hydrogens (primary N) is 1. The van der Waals surface area contributed by atoms with E-state index in [-0.39, 0.29) is 5.88 Å². The highest BCUT2D eigenvalue weighted by Crippen LogP contribution is 2.46. The van der Waals surface area contributed by atoms with E-state index in [1.54, 1.807) is 0 Å². The zero-order chi connectivity index (χ0) is 21.1. The Kier molecular flexibility index (Phi) is 5.31. The van der Waals surface area contributed by atoms with Gasteiger partial charge in [0.15, 0.2) is 0 Å². The standard InChI is InChI=1S/C23H22N4O3/c1-3-28-16-10-8-14(9-11-16)19-18(13-24)22(25)30-23-20(19)21(26-27-23)15-6-5-7-17(12-15)29-4-2/h5-12,19H,3-4,25H2,1-2H3,(H,26,27). The van der Waals surface area contributed by atoms with Crippen molar-refractivity contribution in [3.05, 3.63) is 71.1 Å². The molecule has 0 spiro atoms. The summed E-state index contributed by atoms with van der Waals surface area (Å²) in [6, 6.07) is 17.6. The molecule has 0 amide bonds. The molecule has 2 aromatic carbocycles. The second-order valence-electron chi connectivity index (χ2n) is 6.71. The van der Waals surface area contributed by atoms with Gasteiger partial charge in [-0.05, 0) is 43.7 Å². The molecule has 3 N–H and O–H groups in total. The minimum absolute atomic E-state index is 0.0602. The van der Waals surface area contributed by atoms with Gasteiger partial charge in [0, 0.05) is 5.56 Å². The molecule has 1 aromatic heterocycles. The molecule has 0 fully saturated rings. The summed E-state index contributed by atoms with van der Waals surface area (Å²) in [5, 5.41) is 17.2. The van der Waals surface area contributed by atoms with Gasteiger partial charge in [-0.1, -0.05) is 24.3 Å². The number of aromatic amines is 1. The van der Waals surface area contributed by atoms with Crippen LogP contribution in [0.4, 0.5) is 0 Å². The number of hydrogen-bond acceptors (Lipinski definition) is 6. The molecule has 0 saturated heterocycles. The number of nitriles is 1. The molecule has 3 aromatic rings. The van der Waals surface area contributed by atoms with Crippen LogP contribution < -0.4 is 19.9 Å². The molecule has 2 heterocycles. The average Bonchev–Trinajstić information content (AvgIpc) is 3.17. The number of nitrogens with one attached hydrogen (secondary N) is 1. The molecule has 0 saturated carbocycles. The van der Waals surface area contributed by atoms with Gasteiger partial charge < -0.3 is 19.9 Å². The number of nitrogens with zero attached hydrogens (tertiary/aromatic N) is 2. The summed E-state index contributed by atoms with van der Waals surface area (Å²) >= 11 is 0. The van der Waals surface area contributed by atoms with E-state index in [0.29, 0.717) is 24.7 Å².